The van der Waals surface area contributed by atoms with Crippen molar-refractivity contribution in [3.63, 3.8) is 0 Å². The molecule has 7 nitrogen and oxygen atoms in total. The molecule has 2 atom stereocenters. The standard InChI is InChI=1S/C14H24N2O5/c1-9(2)7-11(12(17)18)15-14(20)16-6-4-5-10(8-16)13(19)21-3/h9-11H,4-8H2,1-3H3,(H,15,20)(H,17,18)/t10?,11-/m0/s1. The molecule has 1 rings (SSSR count). The molecule has 0 aromatic rings. The van der Waals surface area contributed by atoms with E-state index >= 15 is 0 Å². The fraction of sp³-hybridized carbons (Fsp3) is 0.786. The second-order valence-corrected chi connectivity index (χ2v) is 5.78. The molecule has 0 aromatic carbocycles. The van der Waals surface area contributed by atoms with Crippen LogP contribution in [0, 0.1) is 11.8 Å². The number of rotatable bonds is 5. The van der Waals surface area contributed by atoms with E-state index in [1.807, 2.05) is 13.8 Å². The summed E-state index contributed by atoms with van der Waals surface area (Å²) >= 11 is 0. The van der Waals surface area contributed by atoms with Crippen molar-refractivity contribution in [2.75, 3.05) is 20.2 Å². The van der Waals surface area contributed by atoms with Gasteiger partial charge in [-0.05, 0) is 25.2 Å². The Balaban J connectivity index is 2.60. The molecule has 0 bridgehead atoms. The molecule has 1 aliphatic rings. The van der Waals surface area contributed by atoms with Crippen LogP contribution in [0.4, 0.5) is 4.79 Å². The second-order valence-electron chi connectivity index (χ2n) is 5.78. The Kier molecular flexibility index (Phi) is 6.45. The monoisotopic (exact) mass is 300 g/mol. The molecule has 0 spiro atoms. The summed E-state index contributed by atoms with van der Waals surface area (Å²) in [6.07, 6.45) is 1.76. The first-order valence-corrected chi connectivity index (χ1v) is 7.21. The number of likely N-dealkylation sites (tertiary alicyclic amines) is 1. The Morgan fingerprint density at radius 2 is 2.05 bits per heavy atom. The highest BCUT2D eigenvalue weighted by Gasteiger charge is 2.31. The first-order valence-electron chi connectivity index (χ1n) is 7.21. The van der Waals surface area contributed by atoms with Crippen molar-refractivity contribution in [3.8, 4) is 0 Å². The highest BCUT2D eigenvalue weighted by Crippen LogP contribution is 2.18. The van der Waals surface area contributed by atoms with Crippen molar-refractivity contribution < 1.29 is 24.2 Å². The van der Waals surface area contributed by atoms with E-state index < -0.39 is 18.0 Å². The minimum Gasteiger partial charge on any atom is -0.480 e. The van der Waals surface area contributed by atoms with Gasteiger partial charge in [0.1, 0.15) is 6.04 Å². The van der Waals surface area contributed by atoms with E-state index in [9.17, 15) is 14.4 Å². The SMILES string of the molecule is COC(=O)C1CCCN(C(=O)N[C@@H](CC(C)C)C(=O)O)C1. The van der Waals surface area contributed by atoms with Gasteiger partial charge in [0.25, 0.3) is 0 Å². The number of urea groups is 1. The van der Waals surface area contributed by atoms with E-state index in [2.05, 4.69) is 5.32 Å². The Morgan fingerprint density at radius 3 is 2.57 bits per heavy atom. The third-order valence-corrected chi connectivity index (χ3v) is 3.55. The predicted molar refractivity (Wildman–Crippen MR) is 75.7 cm³/mol. The van der Waals surface area contributed by atoms with Crippen LogP contribution in [0.3, 0.4) is 0 Å². The number of aliphatic carboxylic acids is 1. The molecule has 1 saturated heterocycles. The fourth-order valence-electron chi connectivity index (χ4n) is 2.45. The van der Waals surface area contributed by atoms with Crippen LogP contribution in [0.1, 0.15) is 33.1 Å². The second kappa shape index (κ2) is 7.85. The molecule has 2 N–H and O–H groups in total. The number of hydrogen-bond acceptors (Lipinski definition) is 4. The van der Waals surface area contributed by atoms with Gasteiger partial charge in [-0.2, -0.15) is 0 Å². The molecule has 21 heavy (non-hydrogen) atoms. The molecule has 0 radical (unpaired) electrons. The lowest BCUT2D eigenvalue weighted by Gasteiger charge is -2.32. The number of amides is 2. The number of carboxylic acids is 1. The van der Waals surface area contributed by atoms with Gasteiger partial charge < -0.3 is 20.1 Å². The zero-order valence-electron chi connectivity index (χ0n) is 12.8. The molecule has 1 heterocycles. The average molecular weight is 300 g/mol. The molecule has 2 amide bonds. The summed E-state index contributed by atoms with van der Waals surface area (Å²) in [5.74, 6) is -1.54. The van der Waals surface area contributed by atoms with Gasteiger partial charge in [-0.3, -0.25) is 4.79 Å². The highest BCUT2D eigenvalue weighted by atomic mass is 16.5. The maximum Gasteiger partial charge on any atom is 0.326 e. The fourth-order valence-corrected chi connectivity index (χ4v) is 2.45. The number of esters is 1. The van der Waals surface area contributed by atoms with Crippen molar-refractivity contribution in [1.29, 1.82) is 0 Å². The van der Waals surface area contributed by atoms with Crippen molar-refractivity contribution >= 4 is 18.0 Å². The van der Waals surface area contributed by atoms with Crippen LogP contribution < -0.4 is 5.32 Å². The highest BCUT2D eigenvalue weighted by molar-refractivity contribution is 5.83. The summed E-state index contributed by atoms with van der Waals surface area (Å²) in [5.41, 5.74) is 0. The number of piperidine rings is 1. The van der Waals surface area contributed by atoms with Gasteiger partial charge in [0, 0.05) is 13.1 Å². The summed E-state index contributed by atoms with van der Waals surface area (Å²) in [6, 6.07) is -1.34. The molecule has 1 aliphatic heterocycles. The molecular weight excluding hydrogens is 276 g/mol. The lowest BCUT2D eigenvalue weighted by Crippen LogP contribution is -2.52. The summed E-state index contributed by atoms with van der Waals surface area (Å²) in [6.45, 7) is 4.59. The molecule has 0 saturated carbocycles. The predicted octanol–water partition coefficient (Wildman–Crippen LogP) is 1.08. The number of carboxylic acid groups (broad SMARTS) is 1. The van der Waals surface area contributed by atoms with Crippen LogP contribution in [0.5, 0.6) is 0 Å². The molecular formula is C14H24N2O5. The van der Waals surface area contributed by atoms with Crippen LogP contribution in [0.25, 0.3) is 0 Å². The van der Waals surface area contributed by atoms with Crippen molar-refractivity contribution in [2.24, 2.45) is 11.8 Å². The Bertz CT molecular complexity index is 397. The number of carbonyl (C=O) groups excluding carboxylic acids is 2. The molecule has 0 aliphatic carbocycles. The van der Waals surface area contributed by atoms with Gasteiger partial charge in [0.05, 0.1) is 13.0 Å². The van der Waals surface area contributed by atoms with E-state index in [4.69, 9.17) is 9.84 Å². The first-order chi connectivity index (χ1) is 9.85. The molecule has 120 valence electrons. The van der Waals surface area contributed by atoms with Crippen LogP contribution in [0.15, 0.2) is 0 Å². The number of carbonyl (C=O) groups is 3. The number of ether oxygens (including phenoxy) is 1. The molecule has 7 heteroatoms. The van der Waals surface area contributed by atoms with Crippen molar-refractivity contribution in [2.45, 2.75) is 39.2 Å². The van der Waals surface area contributed by atoms with Gasteiger partial charge >= 0.3 is 18.0 Å². The minimum absolute atomic E-state index is 0.163. The van der Waals surface area contributed by atoms with Crippen LogP contribution in [-0.4, -0.2) is 54.2 Å². The lowest BCUT2D eigenvalue weighted by atomic mass is 9.98. The van der Waals surface area contributed by atoms with Gasteiger partial charge in [0.2, 0.25) is 0 Å². The van der Waals surface area contributed by atoms with Crippen LogP contribution >= 0.6 is 0 Å². The zero-order valence-corrected chi connectivity index (χ0v) is 12.8. The number of hydrogen-bond donors (Lipinski definition) is 2. The molecule has 0 aromatic heterocycles. The van der Waals surface area contributed by atoms with Crippen LogP contribution in [-0.2, 0) is 14.3 Å². The topological polar surface area (TPSA) is 95.9 Å². The van der Waals surface area contributed by atoms with E-state index in [-0.39, 0.29) is 24.3 Å². The summed E-state index contributed by atoms with van der Waals surface area (Å²) in [7, 11) is 1.32. The normalized spacial score (nSPS) is 20.0. The van der Waals surface area contributed by atoms with Gasteiger partial charge in [0.15, 0.2) is 0 Å². The smallest absolute Gasteiger partial charge is 0.326 e. The van der Waals surface area contributed by atoms with E-state index in [0.29, 0.717) is 25.8 Å². The van der Waals surface area contributed by atoms with Gasteiger partial charge in [-0.15, -0.1) is 0 Å². The van der Waals surface area contributed by atoms with Gasteiger partial charge in [-0.25, -0.2) is 9.59 Å². The van der Waals surface area contributed by atoms with Crippen LogP contribution in [0.2, 0.25) is 0 Å². The number of nitrogens with one attached hydrogen (secondary N) is 1. The molecule has 1 unspecified atom stereocenters. The minimum atomic E-state index is -1.04. The number of methoxy groups -OCH3 is 1. The summed E-state index contributed by atoms with van der Waals surface area (Å²) in [4.78, 5) is 36.3. The average Bonchev–Trinajstić information content (AvgIpc) is 2.45. The third kappa shape index (κ3) is 5.24. The van der Waals surface area contributed by atoms with E-state index in [0.717, 1.165) is 0 Å². The zero-order chi connectivity index (χ0) is 16.0. The molecule has 1 fully saturated rings. The first kappa shape index (κ1) is 17.3. The quantitative estimate of drug-likeness (QED) is 0.741. The number of nitrogens with zero attached hydrogens (tertiary/aromatic N) is 1. The maximum atomic E-state index is 12.2. The largest absolute Gasteiger partial charge is 0.480 e. The Labute approximate surface area is 124 Å². The van der Waals surface area contributed by atoms with E-state index in [1.165, 1.54) is 12.0 Å². The van der Waals surface area contributed by atoms with E-state index in [1.54, 1.807) is 0 Å². The summed E-state index contributed by atoms with van der Waals surface area (Å²) in [5, 5.41) is 11.7. The summed E-state index contributed by atoms with van der Waals surface area (Å²) < 4.78 is 4.70. The van der Waals surface area contributed by atoms with Gasteiger partial charge in [-0.1, -0.05) is 13.8 Å². The Hall–Kier alpha value is -1.79. The maximum absolute atomic E-state index is 12.2. The lowest BCUT2D eigenvalue weighted by molar-refractivity contribution is -0.147. The van der Waals surface area contributed by atoms with Crippen molar-refractivity contribution in [1.82, 2.24) is 10.2 Å². The Morgan fingerprint density at radius 1 is 1.38 bits per heavy atom. The third-order valence-electron chi connectivity index (χ3n) is 3.55. The van der Waals surface area contributed by atoms with Crippen molar-refractivity contribution in [3.05, 3.63) is 0 Å².